The van der Waals surface area contributed by atoms with Gasteiger partial charge in [-0.05, 0) is 51.7 Å². The maximum Gasteiger partial charge on any atom is 0.103 e. The predicted octanol–water partition coefficient (Wildman–Crippen LogP) is 2.40. The van der Waals surface area contributed by atoms with Crippen LogP contribution in [0.3, 0.4) is 0 Å². The Morgan fingerprint density at radius 2 is 2.00 bits per heavy atom. The zero-order valence-corrected chi connectivity index (χ0v) is 14.1. The van der Waals surface area contributed by atoms with Crippen LogP contribution in [0.2, 0.25) is 0 Å². The highest BCUT2D eigenvalue weighted by atomic mass is 32.1. The summed E-state index contributed by atoms with van der Waals surface area (Å²) < 4.78 is 0. The molecule has 0 amide bonds. The van der Waals surface area contributed by atoms with Crippen LogP contribution in [0.4, 0.5) is 0 Å². The number of thiocarbonyl (C=S) groups is 1. The van der Waals surface area contributed by atoms with Gasteiger partial charge >= 0.3 is 0 Å². The first kappa shape index (κ1) is 17.1. The van der Waals surface area contributed by atoms with E-state index in [9.17, 15) is 0 Å². The minimum atomic E-state index is 0.466. The van der Waals surface area contributed by atoms with E-state index in [0.29, 0.717) is 11.0 Å². The van der Waals surface area contributed by atoms with Gasteiger partial charge in [-0.1, -0.05) is 31.3 Å². The molecule has 2 N–H and O–H groups in total. The molecular formula is C16H27N3S. The van der Waals surface area contributed by atoms with Gasteiger partial charge in [-0.15, -0.1) is 0 Å². The summed E-state index contributed by atoms with van der Waals surface area (Å²) >= 11 is 5.03. The molecule has 0 saturated carbocycles. The molecule has 0 aliphatic heterocycles. The molecule has 1 aromatic rings. The third-order valence-electron chi connectivity index (χ3n) is 3.66. The van der Waals surface area contributed by atoms with Crippen molar-refractivity contribution >= 4 is 17.2 Å². The second-order valence-electron chi connectivity index (χ2n) is 5.68. The smallest absolute Gasteiger partial charge is 0.103 e. The molecule has 1 unspecified atom stereocenters. The van der Waals surface area contributed by atoms with Gasteiger partial charge < -0.3 is 10.6 Å². The molecule has 0 saturated heterocycles. The lowest BCUT2D eigenvalue weighted by atomic mass is 10.0. The molecule has 0 fully saturated rings. The van der Waals surface area contributed by atoms with Gasteiger partial charge in [-0.25, -0.2) is 0 Å². The minimum Gasteiger partial charge on any atom is -0.389 e. The lowest BCUT2D eigenvalue weighted by Gasteiger charge is -2.30. The summed E-state index contributed by atoms with van der Waals surface area (Å²) in [5.74, 6) is 0. The van der Waals surface area contributed by atoms with E-state index in [1.165, 1.54) is 11.1 Å². The minimum absolute atomic E-state index is 0.466. The third kappa shape index (κ3) is 4.85. The molecule has 0 spiro atoms. The Bertz CT molecular complexity index is 457. The normalized spacial score (nSPS) is 12.9. The van der Waals surface area contributed by atoms with Crippen LogP contribution in [0, 0.1) is 6.92 Å². The third-order valence-corrected chi connectivity index (χ3v) is 3.90. The molecule has 0 heterocycles. The maximum atomic E-state index is 5.68. The Morgan fingerprint density at radius 1 is 1.35 bits per heavy atom. The van der Waals surface area contributed by atoms with Crippen molar-refractivity contribution in [3.05, 3.63) is 34.9 Å². The van der Waals surface area contributed by atoms with E-state index < -0.39 is 0 Å². The molecule has 0 aromatic heterocycles. The Labute approximate surface area is 128 Å². The Morgan fingerprint density at radius 3 is 2.45 bits per heavy atom. The maximum absolute atomic E-state index is 5.68. The highest BCUT2D eigenvalue weighted by Gasteiger charge is 2.14. The number of nitrogens with two attached hydrogens (primary N) is 1. The first-order chi connectivity index (χ1) is 9.35. The Hall–Kier alpha value is -0.970. The van der Waals surface area contributed by atoms with Crippen molar-refractivity contribution in [2.24, 2.45) is 5.73 Å². The highest BCUT2D eigenvalue weighted by Crippen LogP contribution is 2.15. The van der Waals surface area contributed by atoms with E-state index in [-0.39, 0.29) is 0 Å². The van der Waals surface area contributed by atoms with Crippen LogP contribution in [-0.2, 0) is 6.54 Å². The summed E-state index contributed by atoms with van der Waals surface area (Å²) in [4.78, 5) is 5.19. The fraction of sp³-hybridized carbons (Fsp3) is 0.562. The Kier molecular flexibility index (Phi) is 6.59. The van der Waals surface area contributed by atoms with Gasteiger partial charge in [-0.2, -0.15) is 0 Å². The highest BCUT2D eigenvalue weighted by molar-refractivity contribution is 7.80. The average molecular weight is 293 g/mol. The van der Waals surface area contributed by atoms with Gasteiger partial charge in [0.05, 0.1) is 0 Å². The van der Waals surface area contributed by atoms with E-state index in [2.05, 4.69) is 56.8 Å². The standard InChI is InChI=1S/C16H27N3S/c1-6-19(13(3)10-18(4)5)11-15-8-7-14(16(17)20)9-12(15)2/h7-9,13H,6,10-11H2,1-5H3,(H2,17,20). The number of aryl methyl sites for hydroxylation is 1. The molecule has 0 bridgehead atoms. The average Bonchev–Trinajstić information content (AvgIpc) is 2.36. The number of hydrogen-bond acceptors (Lipinski definition) is 3. The van der Waals surface area contributed by atoms with Crippen molar-refractivity contribution in [2.45, 2.75) is 33.4 Å². The van der Waals surface area contributed by atoms with Crippen molar-refractivity contribution in [3.8, 4) is 0 Å². The molecule has 1 atom stereocenters. The summed E-state index contributed by atoms with van der Waals surface area (Å²) in [5, 5.41) is 0. The van der Waals surface area contributed by atoms with Crippen molar-refractivity contribution in [3.63, 3.8) is 0 Å². The summed E-state index contributed by atoms with van der Waals surface area (Å²) in [6.45, 7) is 9.70. The van der Waals surface area contributed by atoms with Gasteiger partial charge in [0.15, 0.2) is 0 Å². The van der Waals surface area contributed by atoms with Crippen LogP contribution >= 0.6 is 12.2 Å². The van der Waals surface area contributed by atoms with Crippen LogP contribution in [0.25, 0.3) is 0 Å². The van der Waals surface area contributed by atoms with Crippen molar-refractivity contribution < 1.29 is 0 Å². The first-order valence-corrected chi connectivity index (χ1v) is 7.54. The Balaban J connectivity index is 2.82. The molecule has 0 radical (unpaired) electrons. The summed E-state index contributed by atoms with van der Waals surface area (Å²) in [6, 6.07) is 6.79. The molecule has 20 heavy (non-hydrogen) atoms. The lowest BCUT2D eigenvalue weighted by Crippen LogP contribution is -2.39. The van der Waals surface area contributed by atoms with Crippen LogP contribution < -0.4 is 5.73 Å². The first-order valence-electron chi connectivity index (χ1n) is 7.13. The van der Waals surface area contributed by atoms with Crippen LogP contribution in [0.5, 0.6) is 0 Å². The SMILES string of the molecule is CCN(Cc1ccc(C(N)=S)cc1C)C(C)CN(C)C. The van der Waals surface area contributed by atoms with Gasteiger partial charge in [0.2, 0.25) is 0 Å². The molecular weight excluding hydrogens is 266 g/mol. The van der Waals surface area contributed by atoms with E-state index >= 15 is 0 Å². The van der Waals surface area contributed by atoms with Gasteiger partial charge in [-0.3, -0.25) is 4.90 Å². The largest absolute Gasteiger partial charge is 0.389 e. The molecule has 0 aliphatic carbocycles. The topological polar surface area (TPSA) is 32.5 Å². The summed E-state index contributed by atoms with van der Waals surface area (Å²) in [7, 11) is 4.24. The van der Waals surface area contributed by atoms with Gasteiger partial charge in [0, 0.05) is 24.7 Å². The van der Waals surface area contributed by atoms with E-state index in [1.807, 2.05) is 6.07 Å². The summed E-state index contributed by atoms with van der Waals surface area (Å²) in [5.41, 5.74) is 9.23. The van der Waals surface area contributed by atoms with Crippen LogP contribution in [0.15, 0.2) is 18.2 Å². The predicted molar refractivity (Wildman–Crippen MR) is 91.2 cm³/mol. The fourth-order valence-electron chi connectivity index (χ4n) is 2.47. The summed E-state index contributed by atoms with van der Waals surface area (Å²) in [6.07, 6.45) is 0. The number of rotatable bonds is 7. The van der Waals surface area contributed by atoms with Crippen molar-refractivity contribution in [1.29, 1.82) is 0 Å². The van der Waals surface area contributed by atoms with Crippen LogP contribution in [-0.4, -0.2) is 48.0 Å². The van der Waals surface area contributed by atoms with Gasteiger partial charge in [0.25, 0.3) is 0 Å². The molecule has 112 valence electrons. The number of nitrogens with zero attached hydrogens (tertiary/aromatic N) is 2. The number of hydrogen-bond donors (Lipinski definition) is 1. The van der Waals surface area contributed by atoms with Crippen molar-refractivity contribution in [2.75, 3.05) is 27.2 Å². The lowest BCUT2D eigenvalue weighted by molar-refractivity contribution is 0.174. The molecule has 1 rings (SSSR count). The zero-order chi connectivity index (χ0) is 15.3. The van der Waals surface area contributed by atoms with Gasteiger partial charge in [0.1, 0.15) is 4.99 Å². The molecule has 1 aromatic carbocycles. The number of benzene rings is 1. The quantitative estimate of drug-likeness (QED) is 0.783. The molecule has 0 aliphatic rings. The van der Waals surface area contributed by atoms with E-state index in [4.69, 9.17) is 18.0 Å². The number of likely N-dealkylation sites (N-methyl/N-ethyl adjacent to an activating group) is 2. The fourth-order valence-corrected chi connectivity index (χ4v) is 2.60. The molecule has 3 nitrogen and oxygen atoms in total. The monoisotopic (exact) mass is 293 g/mol. The van der Waals surface area contributed by atoms with Crippen molar-refractivity contribution in [1.82, 2.24) is 9.80 Å². The zero-order valence-electron chi connectivity index (χ0n) is 13.3. The van der Waals surface area contributed by atoms with Crippen LogP contribution in [0.1, 0.15) is 30.5 Å². The molecule has 4 heteroatoms. The van der Waals surface area contributed by atoms with E-state index in [0.717, 1.165) is 25.2 Å². The second kappa shape index (κ2) is 7.72. The van der Waals surface area contributed by atoms with E-state index in [1.54, 1.807) is 0 Å². The second-order valence-corrected chi connectivity index (χ2v) is 6.12.